The highest BCUT2D eigenvalue weighted by atomic mass is 16.1. The standard InChI is InChI=1S/C18H18N4O/c1-2-10-19-14-8-9-16(21-12-14)18(23)22-15-7-3-5-13-6-4-11-20-17(13)15/h3-9,11-12,19H,2,10H2,1H3,(H,22,23). The second kappa shape index (κ2) is 6.87. The van der Waals surface area contributed by atoms with Gasteiger partial charge in [0.15, 0.2) is 0 Å². The molecule has 0 saturated heterocycles. The fraction of sp³-hybridized carbons (Fsp3) is 0.167. The monoisotopic (exact) mass is 306 g/mol. The number of anilines is 2. The molecule has 0 aliphatic heterocycles. The number of nitrogens with one attached hydrogen (secondary N) is 2. The molecule has 0 aliphatic rings. The fourth-order valence-electron chi connectivity index (χ4n) is 2.29. The number of para-hydroxylation sites is 1. The van der Waals surface area contributed by atoms with Gasteiger partial charge in [-0.25, -0.2) is 4.98 Å². The lowest BCUT2D eigenvalue weighted by Crippen LogP contribution is -2.14. The molecule has 0 aliphatic carbocycles. The van der Waals surface area contributed by atoms with Crippen molar-refractivity contribution in [1.82, 2.24) is 9.97 Å². The van der Waals surface area contributed by atoms with Gasteiger partial charge in [0.05, 0.1) is 23.1 Å². The first kappa shape index (κ1) is 15.0. The molecule has 3 aromatic rings. The van der Waals surface area contributed by atoms with Gasteiger partial charge in [-0.05, 0) is 30.7 Å². The number of hydrogen-bond donors (Lipinski definition) is 2. The summed E-state index contributed by atoms with van der Waals surface area (Å²) in [5.41, 5.74) is 2.74. The normalized spacial score (nSPS) is 10.5. The SMILES string of the molecule is CCCNc1ccc(C(=O)Nc2cccc3cccnc23)nc1. The minimum Gasteiger partial charge on any atom is -0.384 e. The van der Waals surface area contributed by atoms with Crippen molar-refractivity contribution in [3.63, 3.8) is 0 Å². The van der Waals surface area contributed by atoms with Crippen LogP contribution >= 0.6 is 0 Å². The second-order valence-corrected chi connectivity index (χ2v) is 5.19. The predicted molar refractivity (Wildman–Crippen MR) is 92.7 cm³/mol. The molecule has 23 heavy (non-hydrogen) atoms. The second-order valence-electron chi connectivity index (χ2n) is 5.19. The average molecular weight is 306 g/mol. The first-order valence-electron chi connectivity index (χ1n) is 7.63. The Morgan fingerprint density at radius 1 is 1.09 bits per heavy atom. The first-order valence-corrected chi connectivity index (χ1v) is 7.63. The fourth-order valence-corrected chi connectivity index (χ4v) is 2.29. The molecule has 0 bridgehead atoms. The Hall–Kier alpha value is -2.95. The van der Waals surface area contributed by atoms with Gasteiger partial charge in [0.2, 0.25) is 0 Å². The van der Waals surface area contributed by atoms with Crippen LogP contribution in [0.1, 0.15) is 23.8 Å². The van der Waals surface area contributed by atoms with E-state index in [2.05, 4.69) is 27.5 Å². The van der Waals surface area contributed by atoms with Crippen LogP contribution in [-0.4, -0.2) is 22.4 Å². The Morgan fingerprint density at radius 3 is 2.74 bits per heavy atom. The summed E-state index contributed by atoms with van der Waals surface area (Å²) in [6, 6.07) is 13.1. The van der Waals surface area contributed by atoms with Crippen LogP contribution < -0.4 is 10.6 Å². The maximum absolute atomic E-state index is 12.4. The van der Waals surface area contributed by atoms with Crippen molar-refractivity contribution in [3.8, 4) is 0 Å². The van der Waals surface area contributed by atoms with Gasteiger partial charge in [0, 0.05) is 18.1 Å². The number of hydrogen-bond acceptors (Lipinski definition) is 4. The topological polar surface area (TPSA) is 66.9 Å². The largest absolute Gasteiger partial charge is 0.384 e. The van der Waals surface area contributed by atoms with Crippen molar-refractivity contribution in [2.45, 2.75) is 13.3 Å². The highest BCUT2D eigenvalue weighted by molar-refractivity contribution is 6.07. The number of carbonyl (C=O) groups is 1. The number of benzene rings is 1. The minimum atomic E-state index is -0.245. The number of nitrogens with zero attached hydrogens (tertiary/aromatic N) is 2. The highest BCUT2D eigenvalue weighted by Gasteiger charge is 2.10. The number of rotatable bonds is 5. The number of aromatic nitrogens is 2. The summed E-state index contributed by atoms with van der Waals surface area (Å²) in [7, 11) is 0. The van der Waals surface area contributed by atoms with E-state index >= 15 is 0 Å². The summed E-state index contributed by atoms with van der Waals surface area (Å²) in [6.45, 7) is 2.98. The van der Waals surface area contributed by atoms with Crippen LogP contribution in [0.2, 0.25) is 0 Å². The van der Waals surface area contributed by atoms with Crippen molar-refractivity contribution >= 4 is 28.2 Å². The van der Waals surface area contributed by atoms with E-state index in [0.29, 0.717) is 11.4 Å². The van der Waals surface area contributed by atoms with Crippen molar-refractivity contribution in [3.05, 3.63) is 60.6 Å². The van der Waals surface area contributed by atoms with Gasteiger partial charge in [0.1, 0.15) is 5.69 Å². The van der Waals surface area contributed by atoms with Gasteiger partial charge in [-0.15, -0.1) is 0 Å². The molecule has 2 heterocycles. The molecule has 0 fully saturated rings. The summed E-state index contributed by atoms with van der Waals surface area (Å²) in [6.07, 6.45) is 4.42. The maximum Gasteiger partial charge on any atom is 0.274 e. The van der Waals surface area contributed by atoms with Gasteiger partial charge in [0.25, 0.3) is 5.91 Å². The van der Waals surface area contributed by atoms with E-state index in [1.807, 2.05) is 36.4 Å². The van der Waals surface area contributed by atoms with Crippen LogP contribution in [0.15, 0.2) is 54.9 Å². The van der Waals surface area contributed by atoms with Crippen LogP contribution in [0.4, 0.5) is 11.4 Å². The van der Waals surface area contributed by atoms with Crippen LogP contribution in [0.25, 0.3) is 10.9 Å². The molecule has 5 nitrogen and oxygen atoms in total. The first-order chi connectivity index (χ1) is 11.3. The van der Waals surface area contributed by atoms with Gasteiger partial charge >= 0.3 is 0 Å². The molecule has 1 aromatic carbocycles. The summed E-state index contributed by atoms with van der Waals surface area (Å²) in [5, 5.41) is 7.09. The molecule has 0 saturated carbocycles. The Kier molecular flexibility index (Phi) is 4.47. The molecule has 0 unspecified atom stereocenters. The molecule has 2 aromatic heterocycles. The number of pyridine rings is 2. The maximum atomic E-state index is 12.4. The third kappa shape index (κ3) is 3.45. The summed E-state index contributed by atoms with van der Waals surface area (Å²) >= 11 is 0. The van der Waals surface area contributed by atoms with Gasteiger partial charge in [-0.3, -0.25) is 9.78 Å². The van der Waals surface area contributed by atoms with Gasteiger partial charge < -0.3 is 10.6 Å². The van der Waals surface area contributed by atoms with E-state index in [1.165, 1.54) is 0 Å². The van der Waals surface area contributed by atoms with Crippen molar-refractivity contribution in [1.29, 1.82) is 0 Å². The number of amides is 1. The zero-order chi connectivity index (χ0) is 16.1. The zero-order valence-electron chi connectivity index (χ0n) is 12.9. The smallest absolute Gasteiger partial charge is 0.274 e. The Bertz CT molecular complexity index is 809. The lowest BCUT2D eigenvalue weighted by Gasteiger charge is -2.08. The lowest BCUT2D eigenvalue weighted by atomic mass is 10.2. The third-order valence-corrected chi connectivity index (χ3v) is 3.46. The van der Waals surface area contributed by atoms with E-state index in [0.717, 1.165) is 29.6 Å². The summed E-state index contributed by atoms with van der Waals surface area (Å²) in [5.74, 6) is -0.245. The van der Waals surface area contributed by atoms with Crippen LogP contribution in [0.5, 0.6) is 0 Å². The molecule has 2 N–H and O–H groups in total. The quantitative estimate of drug-likeness (QED) is 0.754. The molecule has 0 atom stereocenters. The van der Waals surface area contributed by atoms with Gasteiger partial charge in [-0.2, -0.15) is 0 Å². The van der Waals surface area contributed by atoms with Crippen LogP contribution in [0.3, 0.4) is 0 Å². The lowest BCUT2D eigenvalue weighted by molar-refractivity contribution is 0.102. The van der Waals surface area contributed by atoms with E-state index in [4.69, 9.17) is 0 Å². The zero-order valence-corrected chi connectivity index (χ0v) is 12.9. The van der Waals surface area contributed by atoms with Crippen LogP contribution in [-0.2, 0) is 0 Å². The molecular weight excluding hydrogens is 288 g/mol. The third-order valence-electron chi connectivity index (χ3n) is 3.46. The Morgan fingerprint density at radius 2 is 1.96 bits per heavy atom. The van der Waals surface area contributed by atoms with E-state index in [-0.39, 0.29) is 5.91 Å². The van der Waals surface area contributed by atoms with Crippen molar-refractivity contribution < 1.29 is 4.79 Å². The summed E-state index contributed by atoms with van der Waals surface area (Å²) in [4.78, 5) is 20.9. The minimum absolute atomic E-state index is 0.245. The number of carbonyl (C=O) groups excluding carboxylic acids is 1. The van der Waals surface area contributed by atoms with Crippen LogP contribution in [0, 0.1) is 0 Å². The predicted octanol–water partition coefficient (Wildman–Crippen LogP) is 3.70. The van der Waals surface area contributed by atoms with E-state index in [9.17, 15) is 4.79 Å². The van der Waals surface area contributed by atoms with Crippen molar-refractivity contribution in [2.75, 3.05) is 17.2 Å². The molecule has 3 rings (SSSR count). The van der Waals surface area contributed by atoms with Gasteiger partial charge in [-0.1, -0.05) is 25.1 Å². The van der Waals surface area contributed by atoms with E-state index < -0.39 is 0 Å². The molecule has 0 radical (unpaired) electrons. The Labute approximate surface area is 134 Å². The average Bonchev–Trinajstić information content (AvgIpc) is 2.60. The van der Waals surface area contributed by atoms with Crippen molar-refractivity contribution in [2.24, 2.45) is 0 Å². The molecule has 116 valence electrons. The highest BCUT2D eigenvalue weighted by Crippen LogP contribution is 2.21. The molecule has 1 amide bonds. The van der Waals surface area contributed by atoms with E-state index in [1.54, 1.807) is 18.5 Å². The molecule has 5 heteroatoms. The molecular formula is C18H18N4O. The summed E-state index contributed by atoms with van der Waals surface area (Å²) < 4.78 is 0. The Balaban J connectivity index is 1.78. The molecule has 0 spiro atoms. The number of fused-ring (bicyclic) bond motifs is 1.